The highest BCUT2D eigenvalue weighted by Gasteiger charge is 2.39. The lowest BCUT2D eigenvalue weighted by Crippen LogP contribution is -3.16. The molecule has 2 aliphatic rings. The monoisotopic (exact) mass is 321 g/mol. The summed E-state index contributed by atoms with van der Waals surface area (Å²) in [5.41, 5.74) is 0.685. The predicted molar refractivity (Wildman–Crippen MR) is 90.7 cm³/mol. The maximum absolute atomic E-state index is 12.5. The number of hydrogen-bond acceptors (Lipinski definition) is 3. The van der Waals surface area contributed by atoms with Gasteiger partial charge in [0.05, 0.1) is 6.04 Å². The number of nitrogens with zero attached hydrogens (tertiary/aromatic N) is 2. The Morgan fingerprint density at radius 2 is 1.87 bits per heavy atom. The Labute approximate surface area is 137 Å². The van der Waals surface area contributed by atoms with E-state index in [1.165, 1.54) is 28.7 Å². The fourth-order valence-corrected chi connectivity index (χ4v) is 4.73. The minimum absolute atomic E-state index is 0.157. The van der Waals surface area contributed by atoms with Gasteiger partial charge in [0.15, 0.2) is 6.67 Å². The molecule has 6 nitrogen and oxygen atoms in total. The van der Waals surface area contributed by atoms with Crippen LogP contribution in [0.4, 0.5) is 5.82 Å². The van der Waals surface area contributed by atoms with Crippen molar-refractivity contribution in [3.05, 3.63) is 26.4 Å². The molecule has 3 atom stereocenters. The second kappa shape index (κ2) is 5.51. The Hall–Kier alpha value is -1.56. The fraction of sp³-hybridized carbons (Fsp3) is 0.765. The predicted octanol–water partition coefficient (Wildman–Crippen LogP) is 0.0667. The van der Waals surface area contributed by atoms with E-state index in [-0.39, 0.29) is 11.2 Å². The summed E-state index contributed by atoms with van der Waals surface area (Å²) in [5.74, 6) is 1.42. The first-order valence-electron chi connectivity index (χ1n) is 8.57. The van der Waals surface area contributed by atoms with Crippen molar-refractivity contribution in [1.29, 1.82) is 0 Å². The van der Waals surface area contributed by atoms with Crippen molar-refractivity contribution in [3.8, 4) is 0 Å². The molecule has 3 rings (SSSR count). The molecule has 0 bridgehead atoms. The Bertz CT molecular complexity index is 731. The third-order valence-electron chi connectivity index (χ3n) is 5.61. The normalized spacial score (nSPS) is 29.7. The number of nitrogens with one attached hydrogen (secondary N) is 2. The maximum Gasteiger partial charge on any atom is 0.332 e. The smallest absolute Gasteiger partial charge is 0.324 e. The van der Waals surface area contributed by atoms with Crippen LogP contribution in [0.3, 0.4) is 0 Å². The van der Waals surface area contributed by atoms with Crippen LogP contribution in [-0.4, -0.2) is 21.8 Å². The van der Waals surface area contributed by atoms with Gasteiger partial charge in [-0.2, -0.15) is 0 Å². The summed E-state index contributed by atoms with van der Waals surface area (Å²) >= 11 is 0. The van der Waals surface area contributed by atoms with Gasteiger partial charge in [-0.05, 0) is 17.8 Å². The Morgan fingerprint density at radius 3 is 2.52 bits per heavy atom. The van der Waals surface area contributed by atoms with Gasteiger partial charge in [0.25, 0.3) is 5.56 Å². The average Bonchev–Trinajstić information content (AvgIpc) is 2.48. The van der Waals surface area contributed by atoms with Gasteiger partial charge in [-0.15, -0.1) is 0 Å². The quantitative estimate of drug-likeness (QED) is 0.769. The molecule has 128 valence electrons. The van der Waals surface area contributed by atoms with Crippen molar-refractivity contribution in [2.24, 2.45) is 25.4 Å². The molecule has 6 heteroatoms. The third kappa shape index (κ3) is 2.84. The molecule has 2 N–H and O–H groups in total. The minimum Gasteiger partial charge on any atom is -0.324 e. The molecular formula is C17H29N4O2+. The van der Waals surface area contributed by atoms with Gasteiger partial charge in [-0.3, -0.25) is 13.9 Å². The molecule has 1 aromatic rings. The summed E-state index contributed by atoms with van der Waals surface area (Å²) in [6, 6.07) is 0.566. The first-order valence-corrected chi connectivity index (χ1v) is 8.57. The van der Waals surface area contributed by atoms with Crippen LogP contribution in [0.5, 0.6) is 0 Å². The van der Waals surface area contributed by atoms with Gasteiger partial charge < -0.3 is 10.2 Å². The summed E-state index contributed by atoms with van der Waals surface area (Å²) in [5, 5.41) is 3.34. The molecule has 1 unspecified atom stereocenters. The molecule has 0 spiro atoms. The Kier molecular flexibility index (Phi) is 3.91. The van der Waals surface area contributed by atoms with Gasteiger partial charge in [0.1, 0.15) is 17.9 Å². The van der Waals surface area contributed by atoms with Crippen LogP contribution in [0, 0.1) is 11.3 Å². The minimum atomic E-state index is -0.267. The average molecular weight is 321 g/mol. The summed E-state index contributed by atoms with van der Waals surface area (Å²) < 4.78 is 2.78. The molecule has 0 saturated heterocycles. The molecule has 1 aliphatic heterocycles. The summed E-state index contributed by atoms with van der Waals surface area (Å²) in [6.07, 6.45) is 3.68. The van der Waals surface area contributed by atoms with Crippen molar-refractivity contribution in [1.82, 2.24) is 9.13 Å². The van der Waals surface area contributed by atoms with Crippen LogP contribution in [0.25, 0.3) is 0 Å². The van der Waals surface area contributed by atoms with E-state index in [1.54, 1.807) is 18.7 Å². The van der Waals surface area contributed by atoms with E-state index in [9.17, 15) is 9.59 Å². The number of rotatable bonds is 1. The standard InChI is InChI=1S/C17H28N4O2/c1-11-6-12(8-17(2,3)7-11)21-9-13-14(18-10-21)19(4)16(23)20(5)15(13)22/h11-12,18H,6-10H2,1-5H3/p+1/t11-,12+/m0/s1. The van der Waals surface area contributed by atoms with Gasteiger partial charge in [-0.25, -0.2) is 4.79 Å². The van der Waals surface area contributed by atoms with Crippen molar-refractivity contribution in [3.63, 3.8) is 0 Å². The SMILES string of the molecule is C[C@H]1C[C@@H]([NH+]2CNc3c(c(=O)n(C)c(=O)n3C)C2)CC(C)(C)C1. The molecule has 0 aromatic carbocycles. The van der Waals surface area contributed by atoms with Crippen molar-refractivity contribution >= 4 is 5.82 Å². The Morgan fingerprint density at radius 1 is 1.17 bits per heavy atom. The highest BCUT2D eigenvalue weighted by atomic mass is 16.2. The van der Waals surface area contributed by atoms with E-state index in [0.717, 1.165) is 18.2 Å². The fourth-order valence-electron chi connectivity index (χ4n) is 4.73. The third-order valence-corrected chi connectivity index (χ3v) is 5.61. The molecule has 1 aliphatic carbocycles. The van der Waals surface area contributed by atoms with E-state index >= 15 is 0 Å². The van der Waals surface area contributed by atoms with E-state index in [4.69, 9.17) is 0 Å². The second-order valence-corrected chi connectivity index (χ2v) is 8.33. The van der Waals surface area contributed by atoms with Crippen LogP contribution < -0.4 is 21.5 Å². The summed E-state index contributed by atoms with van der Waals surface area (Å²) in [6.45, 7) is 8.52. The van der Waals surface area contributed by atoms with E-state index in [0.29, 0.717) is 23.8 Å². The topological polar surface area (TPSA) is 60.5 Å². The molecule has 1 fully saturated rings. The molecule has 0 radical (unpaired) electrons. The lowest BCUT2D eigenvalue weighted by Gasteiger charge is -2.43. The van der Waals surface area contributed by atoms with Crippen molar-refractivity contribution in [2.75, 3.05) is 12.0 Å². The van der Waals surface area contributed by atoms with Gasteiger partial charge in [0, 0.05) is 26.9 Å². The largest absolute Gasteiger partial charge is 0.332 e. The van der Waals surface area contributed by atoms with Crippen molar-refractivity contribution < 1.29 is 4.90 Å². The number of anilines is 1. The molecule has 23 heavy (non-hydrogen) atoms. The Balaban J connectivity index is 1.92. The van der Waals surface area contributed by atoms with E-state index in [1.807, 2.05) is 0 Å². The molecular weight excluding hydrogens is 292 g/mol. The zero-order valence-corrected chi connectivity index (χ0v) is 14.9. The molecule has 1 aromatic heterocycles. The number of fused-ring (bicyclic) bond motifs is 1. The van der Waals surface area contributed by atoms with Gasteiger partial charge >= 0.3 is 5.69 Å². The lowest BCUT2D eigenvalue weighted by atomic mass is 9.70. The summed E-state index contributed by atoms with van der Waals surface area (Å²) in [7, 11) is 3.29. The first kappa shape index (κ1) is 16.3. The van der Waals surface area contributed by atoms with Crippen LogP contribution in [0.15, 0.2) is 9.59 Å². The van der Waals surface area contributed by atoms with Gasteiger partial charge in [0.2, 0.25) is 0 Å². The van der Waals surface area contributed by atoms with Crippen LogP contribution in [0.2, 0.25) is 0 Å². The second-order valence-electron chi connectivity index (χ2n) is 8.33. The first-order chi connectivity index (χ1) is 10.7. The lowest BCUT2D eigenvalue weighted by molar-refractivity contribution is -0.940. The van der Waals surface area contributed by atoms with Crippen molar-refractivity contribution in [2.45, 2.75) is 52.6 Å². The highest BCUT2D eigenvalue weighted by Crippen LogP contribution is 2.37. The number of aromatic nitrogens is 2. The zero-order valence-electron chi connectivity index (χ0n) is 14.9. The van der Waals surface area contributed by atoms with Crippen LogP contribution in [-0.2, 0) is 20.6 Å². The van der Waals surface area contributed by atoms with Crippen LogP contribution >= 0.6 is 0 Å². The number of hydrogen-bond donors (Lipinski definition) is 2. The highest BCUT2D eigenvalue weighted by molar-refractivity contribution is 5.43. The maximum atomic E-state index is 12.5. The van der Waals surface area contributed by atoms with Gasteiger partial charge in [-0.1, -0.05) is 20.8 Å². The summed E-state index contributed by atoms with van der Waals surface area (Å²) in [4.78, 5) is 26.0. The molecule has 1 saturated carbocycles. The number of quaternary nitrogens is 1. The van der Waals surface area contributed by atoms with Crippen LogP contribution in [0.1, 0.15) is 45.6 Å². The van der Waals surface area contributed by atoms with E-state index < -0.39 is 0 Å². The molecule has 0 amide bonds. The molecule has 2 heterocycles. The van der Waals surface area contributed by atoms with E-state index in [2.05, 4.69) is 26.1 Å². The zero-order chi connectivity index (χ0) is 16.9.